The first kappa shape index (κ1) is 18.4. The second-order valence-electron chi connectivity index (χ2n) is 6.69. The van der Waals surface area contributed by atoms with E-state index in [0.717, 1.165) is 37.9 Å². The summed E-state index contributed by atoms with van der Waals surface area (Å²) in [7, 11) is -3.36. The van der Waals surface area contributed by atoms with E-state index in [0.29, 0.717) is 37.4 Å². The van der Waals surface area contributed by atoms with Gasteiger partial charge in [-0.3, -0.25) is 4.79 Å². The van der Waals surface area contributed by atoms with Crippen molar-refractivity contribution in [2.75, 3.05) is 26.2 Å². The summed E-state index contributed by atoms with van der Waals surface area (Å²) < 4.78 is 32.0. The van der Waals surface area contributed by atoms with Gasteiger partial charge in [-0.25, -0.2) is 8.42 Å². The smallest absolute Gasteiger partial charge is 0.243 e. The van der Waals surface area contributed by atoms with Crippen molar-refractivity contribution in [3.8, 4) is 0 Å². The third-order valence-electron chi connectivity index (χ3n) is 4.82. The average molecular weight is 366 g/mol. The van der Waals surface area contributed by atoms with Crippen LogP contribution in [-0.2, 0) is 26.0 Å². The van der Waals surface area contributed by atoms with Crippen LogP contribution in [0.4, 0.5) is 0 Å². The Bertz CT molecular complexity index is 676. The first-order chi connectivity index (χ1) is 12.1. The van der Waals surface area contributed by atoms with Gasteiger partial charge in [0, 0.05) is 32.7 Å². The summed E-state index contributed by atoms with van der Waals surface area (Å²) in [5, 5.41) is 2.90. The van der Waals surface area contributed by atoms with Gasteiger partial charge in [0.2, 0.25) is 15.9 Å². The molecular formula is C18H26N2O4S. The van der Waals surface area contributed by atoms with Crippen molar-refractivity contribution >= 4 is 15.9 Å². The van der Waals surface area contributed by atoms with Crippen LogP contribution in [-0.4, -0.2) is 51.0 Å². The molecule has 0 unspecified atom stereocenters. The SMILES string of the molecule is O=C(CCc1ccc(S(=O)(=O)N2CCCC2)cc1)NC[C@@H]1CCCO1. The van der Waals surface area contributed by atoms with Crippen molar-refractivity contribution in [2.45, 2.75) is 49.5 Å². The number of carbonyl (C=O) groups excluding carboxylic acids is 1. The van der Waals surface area contributed by atoms with E-state index >= 15 is 0 Å². The lowest BCUT2D eigenvalue weighted by molar-refractivity contribution is -0.121. The molecule has 138 valence electrons. The molecule has 2 heterocycles. The van der Waals surface area contributed by atoms with Crippen LogP contribution >= 0.6 is 0 Å². The summed E-state index contributed by atoms with van der Waals surface area (Å²) in [4.78, 5) is 12.2. The zero-order chi connectivity index (χ0) is 17.7. The lowest BCUT2D eigenvalue weighted by atomic mass is 10.1. The van der Waals surface area contributed by atoms with Crippen LogP contribution in [0.5, 0.6) is 0 Å². The van der Waals surface area contributed by atoms with Crippen LogP contribution < -0.4 is 5.32 Å². The molecule has 1 aromatic rings. The van der Waals surface area contributed by atoms with Crippen LogP contribution in [0.2, 0.25) is 0 Å². The number of nitrogens with one attached hydrogen (secondary N) is 1. The Balaban J connectivity index is 1.48. The van der Waals surface area contributed by atoms with Gasteiger partial charge >= 0.3 is 0 Å². The highest BCUT2D eigenvalue weighted by Crippen LogP contribution is 2.21. The third kappa shape index (κ3) is 4.80. The number of nitrogens with zero attached hydrogens (tertiary/aromatic N) is 1. The molecule has 1 N–H and O–H groups in total. The van der Waals surface area contributed by atoms with Crippen LogP contribution in [0.3, 0.4) is 0 Å². The summed E-state index contributed by atoms with van der Waals surface area (Å²) in [6, 6.07) is 6.90. The second-order valence-corrected chi connectivity index (χ2v) is 8.63. The monoisotopic (exact) mass is 366 g/mol. The van der Waals surface area contributed by atoms with Crippen LogP contribution in [0.25, 0.3) is 0 Å². The standard InChI is InChI=1S/C18H26N2O4S/c21-18(19-14-16-4-3-13-24-16)10-7-15-5-8-17(9-6-15)25(22,23)20-11-1-2-12-20/h5-6,8-9,16H,1-4,7,10-14H2,(H,19,21)/t16-/m0/s1. The van der Waals surface area contributed by atoms with E-state index in [2.05, 4.69) is 5.32 Å². The molecule has 0 bridgehead atoms. The number of carbonyl (C=O) groups is 1. The number of amides is 1. The van der Waals surface area contributed by atoms with E-state index in [1.54, 1.807) is 28.6 Å². The number of rotatable bonds is 7. The zero-order valence-corrected chi connectivity index (χ0v) is 15.3. The number of benzene rings is 1. The highest BCUT2D eigenvalue weighted by atomic mass is 32.2. The molecule has 3 rings (SSSR count). The summed E-state index contributed by atoms with van der Waals surface area (Å²) >= 11 is 0. The van der Waals surface area contributed by atoms with E-state index in [1.165, 1.54) is 0 Å². The predicted molar refractivity (Wildman–Crippen MR) is 94.7 cm³/mol. The molecule has 0 radical (unpaired) electrons. The van der Waals surface area contributed by atoms with Gasteiger partial charge < -0.3 is 10.1 Å². The molecule has 2 aliphatic heterocycles. The largest absolute Gasteiger partial charge is 0.376 e. The Morgan fingerprint density at radius 3 is 2.52 bits per heavy atom. The van der Waals surface area contributed by atoms with Crippen LogP contribution in [0, 0.1) is 0 Å². The van der Waals surface area contributed by atoms with Gasteiger partial charge in [0.1, 0.15) is 0 Å². The highest BCUT2D eigenvalue weighted by Gasteiger charge is 2.26. The van der Waals surface area contributed by atoms with Crippen molar-refractivity contribution in [1.82, 2.24) is 9.62 Å². The molecule has 1 amide bonds. The van der Waals surface area contributed by atoms with Crippen molar-refractivity contribution in [1.29, 1.82) is 0 Å². The number of hydrogen-bond donors (Lipinski definition) is 1. The maximum Gasteiger partial charge on any atom is 0.243 e. The minimum atomic E-state index is -3.36. The van der Waals surface area contributed by atoms with E-state index < -0.39 is 10.0 Å². The van der Waals surface area contributed by atoms with Crippen LogP contribution in [0.1, 0.15) is 37.7 Å². The zero-order valence-electron chi connectivity index (χ0n) is 14.4. The Morgan fingerprint density at radius 2 is 1.88 bits per heavy atom. The fourth-order valence-electron chi connectivity index (χ4n) is 3.28. The van der Waals surface area contributed by atoms with Gasteiger partial charge in [-0.15, -0.1) is 0 Å². The molecule has 0 aromatic heterocycles. The van der Waals surface area contributed by atoms with Gasteiger partial charge in [0.25, 0.3) is 0 Å². The number of hydrogen-bond acceptors (Lipinski definition) is 4. The molecule has 6 nitrogen and oxygen atoms in total. The van der Waals surface area contributed by atoms with Crippen molar-refractivity contribution < 1.29 is 17.9 Å². The summed E-state index contributed by atoms with van der Waals surface area (Å²) in [5.74, 6) is 0.00395. The highest BCUT2D eigenvalue weighted by molar-refractivity contribution is 7.89. The molecule has 25 heavy (non-hydrogen) atoms. The average Bonchev–Trinajstić information content (AvgIpc) is 3.32. The molecule has 0 saturated carbocycles. The number of aryl methyl sites for hydroxylation is 1. The van der Waals surface area contributed by atoms with Crippen LogP contribution in [0.15, 0.2) is 29.2 Å². The molecule has 7 heteroatoms. The van der Waals surface area contributed by atoms with Crippen molar-refractivity contribution in [3.63, 3.8) is 0 Å². The molecule has 1 atom stereocenters. The quantitative estimate of drug-likeness (QED) is 0.797. The molecule has 2 aliphatic rings. The normalized spacial score (nSPS) is 21.5. The molecule has 2 fully saturated rings. The summed E-state index contributed by atoms with van der Waals surface area (Å²) in [5.41, 5.74) is 0.965. The maximum atomic E-state index is 12.5. The van der Waals surface area contributed by atoms with Crippen molar-refractivity contribution in [2.24, 2.45) is 0 Å². The van der Waals surface area contributed by atoms with Gasteiger partial charge in [0.05, 0.1) is 11.0 Å². The molecule has 0 aliphatic carbocycles. The van der Waals surface area contributed by atoms with Crippen molar-refractivity contribution in [3.05, 3.63) is 29.8 Å². The van der Waals surface area contributed by atoms with Gasteiger partial charge in [-0.05, 0) is 49.8 Å². The topological polar surface area (TPSA) is 75.7 Å². The van der Waals surface area contributed by atoms with Gasteiger partial charge in [-0.2, -0.15) is 4.31 Å². The first-order valence-corrected chi connectivity index (χ1v) is 10.5. The second kappa shape index (κ2) is 8.29. The summed E-state index contributed by atoms with van der Waals surface area (Å²) in [6.07, 6.45) is 5.07. The Hall–Kier alpha value is -1.44. The first-order valence-electron chi connectivity index (χ1n) is 9.03. The number of sulfonamides is 1. The van der Waals surface area contributed by atoms with Gasteiger partial charge in [0.15, 0.2) is 0 Å². The minimum Gasteiger partial charge on any atom is -0.376 e. The minimum absolute atomic E-state index is 0.00395. The Labute approximate surface area is 149 Å². The molecule has 0 spiro atoms. The molecule has 2 saturated heterocycles. The fourth-order valence-corrected chi connectivity index (χ4v) is 4.80. The predicted octanol–water partition coefficient (Wildman–Crippen LogP) is 1.70. The number of ether oxygens (including phenoxy) is 1. The van der Waals surface area contributed by atoms with E-state index in [9.17, 15) is 13.2 Å². The van der Waals surface area contributed by atoms with E-state index in [-0.39, 0.29) is 12.0 Å². The summed E-state index contributed by atoms with van der Waals surface area (Å²) in [6.45, 7) is 2.57. The lowest BCUT2D eigenvalue weighted by Gasteiger charge is -2.15. The maximum absolute atomic E-state index is 12.5. The Kier molecular flexibility index (Phi) is 6.09. The fraction of sp³-hybridized carbons (Fsp3) is 0.611. The van der Waals surface area contributed by atoms with E-state index in [1.807, 2.05) is 0 Å². The Morgan fingerprint density at radius 1 is 1.16 bits per heavy atom. The third-order valence-corrected chi connectivity index (χ3v) is 6.73. The lowest BCUT2D eigenvalue weighted by Crippen LogP contribution is -2.31. The van der Waals surface area contributed by atoms with E-state index in [4.69, 9.17) is 4.74 Å². The molecule has 1 aromatic carbocycles. The van der Waals surface area contributed by atoms with Gasteiger partial charge in [-0.1, -0.05) is 12.1 Å². The molecular weight excluding hydrogens is 340 g/mol.